The van der Waals surface area contributed by atoms with Crippen LogP contribution < -0.4 is 0 Å². The minimum absolute atomic E-state index is 0.202. The molecule has 6 nitrogen and oxygen atoms in total. The number of phenols is 2. The lowest BCUT2D eigenvalue weighted by molar-refractivity contribution is 0.174. The van der Waals surface area contributed by atoms with Crippen molar-refractivity contribution in [3.05, 3.63) is 57.6 Å². The van der Waals surface area contributed by atoms with Crippen LogP contribution >= 0.6 is 0 Å². The number of aromatic hydroxyl groups is 2. The number of rotatable bonds is 10. The highest BCUT2D eigenvalue weighted by Crippen LogP contribution is 2.30. The van der Waals surface area contributed by atoms with E-state index in [9.17, 15) is 10.2 Å². The van der Waals surface area contributed by atoms with Crippen molar-refractivity contribution < 1.29 is 29.2 Å². The molecule has 0 unspecified atom stereocenters. The molecule has 0 aliphatic heterocycles. The zero-order valence-electron chi connectivity index (χ0n) is 16.4. The van der Waals surface area contributed by atoms with Gasteiger partial charge in [0, 0.05) is 50.7 Å². The van der Waals surface area contributed by atoms with Crippen LogP contribution in [0.2, 0.25) is 0 Å². The van der Waals surface area contributed by atoms with Crippen LogP contribution in [-0.4, -0.2) is 38.7 Å². The van der Waals surface area contributed by atoms with Gasteiger partial charge in [-0.05, 0) is 41.8 Å². The minimum Gasteiger partial charge on any atom is -0.507 e. The monoisotopic (exact) mass is 376 g/mol. The molecule has 0 aliphatic carbocycles. The minimum atomic E-state index is 0.202. The summed E-state index contributed by atoms with van der Waals surface area (Å²) in [5.41, 5.74) is 4.91. The summed E-state index contributed by atoms with van der Waals surface area (Å²) < 4.78 is 20.8. The third-order valence-corrected chi connectivity index (χ3v) is 4.26. The molecule has 0 radical (unpaired) electrons. The molecule has 6 heteroatoms. The van der Waals surface area contributed by atoms with Crippen molar-refractivity contribution in [2.24, 2.45) is 0 Å². The third kappa shape index (κ3) is 5.43. The van der Waals surface area contributed by atoms with Crippen LogP contribution in [0.15, 0.2) is 24.3 Å². The molecule has 0 amide bonds. The second kappa shape index (κ2) is 10.3. The molecule has 0 bridgehead atoms. The first kappa shape index (κ1) is 21.2. The Balaban J connectivity index is 2.42. The zero-order chi connectivity index (χ0) is 19.8. The molecule has 0 spiro atoms. The van der Waals surface area contributed by atoms with Gasteiger partial charge in [-0.3, -0.25) is 0 Å². The van der Waals surface area contributed by atoms with Crippen LogP contribution in [0.3, 0.4) is 0 Å². The molecule has 0 atom stereocenters. The summed E-state index contributed by atoms with van der Waals surface area (Å²) in [6, 6.07) is 7.71. The molecule has 2 rings (SSSR count). The van der Waals surface area contributed by atoms with Crippen LogP contribution in [-0.2, 0) is 51.8 Å². The summed E-state index contributed by atoms with van der Waals surface area (Å²) in [5, 5.41) is 20.8. The van der Waals surface area contributed by atoms with Crippen molar-refractivity contribution in [1.29, 1.82) is 0 Å². The van der Waals surface area contributed by atoms with Crippen molar-refractivity contribution in [3.8, 4) is 11.5 Å². The number of methoxy groups -OCH3 is 4. The molecule has 0 saturated heterocycles. The van der Waals surface area contributed by atoms with E-state index in [0.29, 0.717) is 32.8 Å². The number of ether oxygens (including phenoxy) is 4. The second-order valence-corrected chi connectivity index (χ2v) is 6.43. The van der Waals surface area contributed by atoms with Gasteiger partial charge in [0.1, 0.15) is 11.5 Å². The molecule has 0 fully saturated rings. The smallest absolute Gasteiger partial charge is 0.126 e. The van der Waals surface area contributed by atoms with Crippen LogP contribution in [0.1, 0.15) is 33.4 Å². The molecular formula is C21H28O6. The predicted octanol–water partition coefficient (Wildman–Crippen LogP) is 3.27. The quantitative estimate of drug-likeness (QED) is 0.663. The molecule has 27 heavy (non-hydrogen) atoms. The SMILES string of the molecule is COCc1cc(Cc2cc(COC)c(O)c(COC)c2)cc(COC)c1O. The number of hydrogen-bond acceptors (Lipinski definition) is 6. The van der Waals surface area contributed by atoms with Gasteiger partial charge in [0.05, 0.1) is 26.4 Å². The maximum Gasteiger partial charge on any atom is 0.126 e. The predicted molar refractivity (Wildman–Crippen MR) is 102 cm³/mol. The van der Waals surface area contributed by atoms with Crippen LogP contribution in [0, 0.1) is 0 Å². The van der Waals surface area contributed by atoms with Gasteiger partial charge >= 0.3 is 0 Å². The van der Waals surface area contributed by atoms with E-state index in [1.54, 1.807) is 28.4 Å². The number of hydrogen-bond donors (Lipinski definition) is 2. The molecular weight excluding hydrogens is 348 g/mol. The fourth-order valence-corrected chi connectivity index (χ4v) is 3.17. The average Bonchev–Trinajstić information content (AvgIpc) is 2.63. The van der Waals surface area contributed by atoms with E-state index in [-0.39, 0.29) is 11.5 Å². The summed E-state index contributed by atoms with van der Waals surface area (Å²) in [5.74, 6) is 0.404. The topological polar surface area (TPSA) is 77.4 Å². The Morgan fingerprint density at radius 2 is 0.815 bits per heavy atom. The van der Waals surface area contributed by atoms with Crippen molar-refractivity contribution in [2.45, 2.75) is 32.8 Å². The second-order valence-electron chi connectivity index (χ2n) is 6.43. The van der Waals surface area contributed by atoms with Gasteiger partial charge in [-0.2, -0.15) is 0 Å². The van der Waals surface area contributed by atoms with Crippen molar-refractivity contribution in [3.63, 3.8) is 0 Å². The molecule has 0 aromatic heterocycles. The standard InChI is InChI=1S/C21H28O6/c1-24-10-16-6-14(7-17(11-25-2)20(16)22)5-15-8-18(12-26-3)21(23)19(9-15)13-27-4/h6-9,22-23H,5,10-13H2,1-4H3. The highest BCUT2D eigenvalue weighted by atomic mass is 16.5. The Bertz CT molecular complexity index is 639. The van der Waals surface area contributed by atoms with E-state index in [4.69, 9.17) is 18.9 Å². The van der Waals surface area contributed by atoms with E-state index in [1.807, 2.05) is 24.3 Å². The summed E-state index contributed by atoms with van der Waals surface area (Å²) >= 11 is 0. The number of phenolic OH excluding ortho intramolecular Hbond substituents is 2. The normalized spacial score (nSPS) is 11.1. The van der Waals surface area contributed by atoms with Crippen LogP contribution in [0.25, 0.3) is 0 Å². The lowest BCUT2D eigenvalue weighted by Crippen LogP contribution is -2.01. The zero-order valence-corrected chi connectivity index (χ0v) is 16.4. The summed E-state index contributed by atoms with van der Waals surface area (Å²) in [6.07, 6.45) is 0.626. The van der Waals surface area contributed by atoms with Gasteiger partial charge in [0.2, 0.25) is 0 Å². The lowest BCUT2D eigenvalue weighted by atomic mass is 9.96. The van der Waals surface area contributed by atoms with Gasteiger partial charge in [-0.25, -0.2) is 0 Å². The fourth-order valence-electron chi connectivity index (χ4n) is 3.17. The summed E-state index contributed by atoms with van der Waals surface area (Å²) in [7, 11) is 6.37. The molecule has 148 valence electrons. The highest BCUT2D eigenvalue weighted by molar-refractivity contribution is 5.47. The summed E-state index contributed by atoms with van der Waals surface area (Å²) in [6.45, 7) is 1.26. The van der Waals surface area contributed by atoms with Gasteiger partial charge in [0.25, 0.3) is 0 Å². The first-order chi connectivity index (χ1) is 13.0. The summed E-state index contributed by atoms with van der Waals surface area (Å²) in [4.78, 5) is 0. The van der Waals surface area contributed by atoms with Gasteiger partial charge in [0.15, 0.2) is 0 Å². The van der Waals surface area contributed by atoms with E-state index in [2.05, 4.69) is 0 Å². The first-order valence-corrected chi connectivity index (χ1v) is 8.67. The van der Waals surface area contributed by atoms with Crippen LogP contribution in [0.5, 0.6) is 11.5 Å². The van der Waals surface area contributed by atoms with E-state index < -0.39 is 0 Å². The molecule has 2 aromatic carbocycles. The highest BCUT2D eigenvalue weighted by Gasteiger charge is 2.14. The largest absolute Gasteiger partial charge is 0.507 e. The Morgan fingerprint density at radius 1 is 0.556 bits per heavy atom. The van der Waals surface area contributed by atoms with Gasteiger partial charge in [-0.1, -0.05) is 0 Å². The Labute approximate surface area is 160 Å². The molecule has 0 saturated carbocycles. The third-order valence-electron chi connectivity index (χ3n) is 4.26. The lowest BCUT2D eigenvalue weighted by Gasteiger charge is -2.15. The Morgan fingerprint density at radius 3 is 1.04 bits per heavy atom. The maximum absolute atomic E-state index is 10.4. The van der Waals surface area contributed by atoms with E-state index in [0.717, 1.165) is 33.4 Å². The molecule has 2 N–H and O–H groups in total. The van der Waals surface area contributed by atoms with Gasteiger partial charge in [-0.15, -0.1) is 0 Å². The van der Waals surface area contributed by atoms with Crippen molar-refractivity contribution in [1.82, 2.24) is 0 Å². The Kier molecular flexibility index (Phi) is 8.06. The van der Waals surface area contributed by atoms with Crippen molar-refractivity contribution in [2.75, 3.05) is 28.4 Å². The van der Waals surface area contributed by atoms with E-state index >= 15 is 0 Å². The molecule has 0 heterocycles. The Hall–Kier alpha value is -2.12. The van der Waals surface area contributed by atoms with Crippen molar-refractivity contribution >= 4 is 0 Å². The molecule has 0 aliphatic rings. The van der Waals surface area contributed by atoms with E-state index in [1.165, 1.54) is 0 Å². The maximum atomic E-state index is 10.4. The van der Waals surface area contributed by atoms with Gasteiger partial charge < -0.3 is 29.2 Å². The van der Waals surface area contributed by atoms with Crippen LogP contribution in [0.4, 0.5) is 0 Å². The number of benzene rings is 2. The fraction of sp³-hybridized carbons (Fsp3) is 0.429. The first-order valence-electron chi connectivity index (χ1n) is 8.67. The average molecular weight is 376 g/mol. The molecule has 2 aromatic rings.